The lowest BCUT2D eigenvalue weighted by Gasteiger charge is -2.11. The van der Waals surface area contributed by atoms with Gasteiger partial charge >= 0.3 is 0 Å². The van der Waals surface area contributed by atoms with Gasteiger partial charge in [0.2, 0.25) is 0 Å². The first-order chi connectivity index (χ1) is 10.3. The van der Waals surface area contributed by atoms with Crippen LogP contribution < -0.4 is 10.6 Å². The summed E-state index contributed by atoms with van der Waals surface area (Å²) in [7, 11) is 1.71. The predicted molar refractivity (Wildman–Crippen MR) is 81.5 cm³/mol. The number of ether oxygens (including phenoxy) is 1. The molecular formula is C14H22N6O. The lowest BCUT2D eigenvalue weighted by atomic mass is 10.2. The number of rotatable bonds is 6. The zero-order valence-electron chi connectivity index (χ0n) is 12.6. The molecule has 0 saturated carbocycles. The van der Waals surface area contributed by atoms with Gasteiger partial charge in [-0.3, -0.25) is 0 Å². The quantitative estimate of drug-likeness (QED) is 0.820. The molecule has 0 aliphatic carbocycles. The van der Waals surface area contributed by atoms with Crippen LogP contribution in [0.1, 0.15) is 19.2 Å². The Labute approximate surface area is 124 Å². The molecule has 0 amide bonds. The van der Waals surface area contributed by atoms with E-state index in [0.717, 1.165) is 55.3 Å². The summed E-state index contributed by atoms with van der Waals surface area (Å²) >= 11 is 0. The van der Waals surface area contributed by atoms with Gasteiger partial charge in [-0.25, -0.2) is 15.0 Å². The smallest absolute Gasteiger partial charge is 0.165 e. The molecule has 2 aromatic rings. The SMILES string of the molecule is CCn1c(CCOC)nc2c(NC3CCNC3)ncnc21. The van der Waals surface area contributed by atoms with Crippen LogP contribution in [0.5, 0.6) is 0 Å². The molecule has 1 aliphatic heterocycles. The van der Waals surface area contributed by atoms with E-state index < -0.39 is 0 Å². The van der Waals surface area contributed by atoms with E-state index in [4.69, 9.17) is 9.72 Å². The van der Waals surface area contributed by atoms with Crippen molar-refractivity contribution in [2.45, 2.75) is 32.4 Å². The standard InChI is InChI=1S/C14H22N6O/c1-3-20-11(5-7-21-2)19-12-13(16-9-17-14(12)20)18-10-4-6-15-8-10/h9-10,15H,3-8H2,1-2H3,(H,16,17,18). The van der Waals surface area contributed by atoms with Gasteiger partial charge in [-0.1, -0.05) is 0 Å². The van der Waals surface area contributed by atoms with Crippen molar-refractivity contribution in [3.8, 4) is 0 Å². The maximum atomic E-state index is 5.17. The molecule has 7 nitrogen and oxygen atoms in total. The second kappa shape index (κ2) is 6.36. The molecule has 7 heteroatoms. The van der Waals surface area contributed by atoms with Crippen molar-refractivity contribution in [1.82, 2.24) is 24.8 Å². The molecule has 21 heavy (non-hydrogen) atoms. The van der Waals surface area contributed by atoms with Crippen molar-refractivity contribution >= 4 is 17.0 Å². The molecule has 1 atom stereocenters. The number of nitrogens with one attached hydrogen (secondary N) is 2. The first kappa shape index (κ1) is 14.2. The lowest BCUT2D eigenvalue weighted by Crippen LogP contribution is -2.22. The molecule has 0 radical (unpaired) electrons. The van der Waals surface area contributed by atoms with Crippen molar-refractivity contribution in [3.63, 3.8) is 0 Å². The van der Waals surface area contributed by atoms with Gasteiger partial charge in [-0.15, -0.1) is 0 Å². The van der Waals surface area contributed by atoms with Crippen LogP contribution in [0.3, 0.4) is 0 Å². The lowest BCUT2D eigenvalue weighted by molar-refractivity contribution is 0.199. The van der Waals surface area contributed by atoms with Gasteiger partial charge in [0.15, 0.2) is 17.0 Å². The van der Waals surface area contributed by atoms with E-state index >= 15 is 0 Å². The number of aryl methyl sites for hydroxylation is 1. The number of imidazole rings is 1. The monoisotopic (exact) mass is 290 g/mol. The third kappa shape index (κ3) is 2.84. The van der Waals surface area contributed by atoms with Crippen LogP contribution in [-0.4, -0.2) is 52.4 Å². The van der Waals surface area contributed by atoms with Crippen molar-refractivity contribution < 1.29 is 4.74 Å². The largest absolute Gasteiger partial charge is 0.384 e. The Morgan fingerprint density at radius 2 is 2.38 bits per heavy atom. The summed E-state index contributed by atoms with van der Waals surface area (Å²) in [5.41, 5.74) is 1.75. The van der Waals surface area contributed by atoms with Crippen LogP contribution >= 0.6 is 0 Å². The van der Waals surface area contributed by atoms with Crippen LogP contribution in [0.15, 0.2) is 6.33 Å². The molecule has 0 bridgehead atoms. The fraction of sp³-hybridized carbons (Fsp3) is 0.643. The Balaban J connectivity index is 1.95. The number of nitrogens with zero attached hydrogens (tertiary/aromatic N) is 4. The topological polar surface area (TPSA) is 76.9 Å². The predicted octanol–water partition coefficient (Wildman–Crippen LogP) is 0.809. The van der Waals surface area contributed by atoms with Crippen molar-refractivity contribution in [2.75, 3.05) is 32.1 Å². The minimum Gasteiger partial charge on any atom is -0.384 e. The summed E-state index contributed by atoms with van der Waals surface area (Å²) in [4.78, 5) is 13.5. The minimum atomic E-state index is 0.414. The average Bonchev–Trinajstić information content (AvgIpc) is 3.12. The molecule has 3 heterocycles. The van der Waals surface area contributed by atoms with E-state index in [-0.39, 0.29) is 0 Å². The van der Waals surface area contributed by atoms with Gasteiger partial charge in [0.25, 0.3) is 0 Å². The van der Waals surface area contributed by atoms with E-state index in [9.17, 15) is 0 Å². The van der Waals surface area contributed by atoms with Crippen LogP contribution in [0.4, 0.5) is 5.82 Å². The van der Waals surface area contributed by atoms with E-state index in [1.54, 1.807) is 13.4 Å². The highest BCUT2D eigenvalue weighted by Crippen LogP contribution is 2.21. The first-order valence-electron chi connectivity index (χ1n) is 7.49. The fourth-order valence-electron chi connectivity index (χ4n) is 2.77. The zero-order valence-corrected chi connectivity index (χ0v) is 12.6. The van der Waals surface area contributed by atoms with E-state index in [1.807, 2.05) is 0 Å². The number of anilines is 1. The molecular weight excluding hydrogens is 268 g/mol. The van der Waals surface area contributed by atoms with Crippen LogP contribution in [0, 0.1) is 0 Å². The summed E-state index contributed by atoms with van der Waals surface area (Å²) in [6, 6.07) is 0.414. The van der Waals surface area contributed by atoms with E-state index in [0.29, 0.717) is 12.6 Å². The highest BCUT2D eigenvalue weighted by atomic mass is 16.5. The fourth-order valence-corrected chi connectivity index (χ4v) is 2.77. The molecule has 1 fully saturated rings. The Bertz CT molecular complexity index is 605. The maximum Gasteiger partial charge on any atom is 0.165 e. The Kier molecular flexibility index (Phi) is 4.31. The number of hydrogen-bond donors (Lipinski definition) is 2. The van der Waals surface area contributed by atoms with Gasteiger partial charge in [0, 0.05) is 32.7 Å². The third-order valence-electron chi connectivity index (χ3n) is 3.86. The van der Waals surface area contributed by atoms with Crippen LogP contribution in [0.2, 0.25) is 0 Å². The Morgan fingerprint density at radius 3 is 3.10 bits per heavy atom. The van der Waals surface area contributed by atoms with Crippen molar-refractivity contribution in [2.24, 2.45) is 0 Å². The van der Waals surface area contributed by atoms with Gasteiger partial charge in [-0.2, -0.15) is 0 Å². The average molecular weight is 290 g/mol. The molecule has 1 unspecified atom stereocenters. The summed E-state index contributed by atoms with van der Waals surface area (Å²) in [6.45, 7) is 5.63. The zero-order chi connectivity index (χ0) is 14.7. The highest BCUT2D eigenvalue weighted by Gasteiger charge is 2.19. The minimum absolute atomic E-state index is 0.414. The first-order valence-corrected chi connectivity index (χ1v) is 7.49. The molecule has 0 spiro atoms. The molecule has 2 N–H and O–H groups in total. The summed E-state index contributed by atoms with van der Waals surface area (Å²) < 4.78 is 7.30. The van der Waals surface area contributed by atoms with Crippen molar-refractivity contribution in [1.29, 1.82) is 0 Å². The summed E-state index contributed by atoms with van der Waals surface area (Å²) in [6.07, 6.45) is 3.50. The molecule has 2 aromatic heterocycles. The summed E-state index contributed by atoms with van der Waals surface area (Å²) in [5.74, 6) is 1.84. The van der Waals surface area contributed by atoms with Crippen LogP contribution in [0.25, 0.3) is 11.2 Å². The van der Waals surface area contributed by atoms with Gasteiger partial charge < -0.3 is 19.9 Å². The number of hydrogen-bond acceptors (Lipinski definition) is 6. The van der Waals surface area contributed by atoms with E-state index in [1.165, 1.54) is 0 Å². The normalized spacial score (nSPS) is 18.5. The second-order valence-electron chi connectivity index (χ2n) is 5.24. The molecule has 0 aromatic carbocycles. The molecule has 1 aliphatic rings. The summed E-state index contributed by atoms with van der Waals surface area (Å²) in [5, 5.41) is 6.83. The second-order valence-corrected chi connectivity index (χ2v) is 5.24. The third-order valence-corrected chi connectivity index (χ3v) is 3.86. The van der Waals surface area contributed by atoms with Crippen LogP contribution in [-0.2, 0) is 17.7 Å². The molecule has 3 rings (SSSR count). The highest BCUT2D eigenvalue weighted by molar-refractivity contribution is 5.83. The number of fused-ring (bicyclic) bond motifs is 1. The van der Waals surface area contributed by atoms with E-state index in [2.05, 4.69) is 32.1 Å². The van der Waals surface area contributed by atoms with Gasteiger partial charge in [-0.05, 0) is 19.9 Å². The number of methoxy groups -OCH3 is 1. The number of aromatic nitrogens is 4. The maximum absolute atomic E-state index is 5.17. The molecule has 114 valence electrons. The Morgan fingerprint density at radius 1 is 1.48 bits per heavy atom. The van der Waals surface area contributed by atoms with Crippen molar-refractivity contribution in [3.05, 3.63) is 12.2 Å². The molecule has 1 saturated heterocycles. The van der Waals surface area contributed by atoms with Gasteiger partial charge in [0.05, 0.1) is 6.61 Å². The Hall–Kier alpha value is -1.73. The van der Waals surface area contributed by atoms with Gasteiger partial charge in [0.1, 0.15) is 12.2 Å².